The zero-order valence-corrected chi connectivity index (χ0v) is 9.04. The van der Waals surface area contributed by atoms with Crippen LogP contribution in [0.2, 0.25) is 0 Å². The first-order valence-electron chi connectivity index (χ1n) is 4.55. The molecule has 0 unspecified atom stereocenters. The van der Waals surface area contributed by atoms with Gasteiger partial charge >= 0.3 is 5.97 Å². The fraction of sp³-hybridized carbons (Fsp3) is 0.556. The van der Waals surface area contributed by atoms with Crippen LogP contribution in [-0.2, 0) is 26.5 Å². The number of carboxylic acid groups (broad SMARTS) is 1. The summed E-state index contributed by atoms with van der Waals surface area (Å²) in [6.45, 7) is 2.93. The molecular weight excluding hydrogens is 218 g/mol. The lowest BCUT2D eigenvalue weighted by molar-refractivity contribution is -0.147. The number of aromatic nitrogens is 1. The zero-order chi connectivity index (χ0) is 10.9. The molecule has 1 aliphatic rings. The normalized spacial score (nSPS) is 19.3. The average Bonchev–Trinajstić information content (AvgIpc) is 2.74. The summed E-state index contributed by atoms with van der Waals surface area (Å²) in [5.74, 6) is -1.62. The van der Waals surface area contributed by atoms with Gasteiger partial charge in [0.1, 0.15) is 5.01 Å². The molecule has 0 radical (unpaired) electrons. The van der Waals surface area contributed by atoms with Crippen LogP contribution in [0.5, 0.6) is 0 Å². The molecule has 0 aliphatic carbocycles. The Labute approximate surface area is 90.7 Å². The highest BCUT2D eigenvalue weighted by molar-refractivity contribution is 7.11. The summed E-state index contributed by atoms with van der Waals surface area (Å²) >= 11 is 1.32. The maximum atomic E-state index is 10.5. The molecule has 82 valence electrons. The van der Waals surface area contributed by atoms with Crippen LogP contribution in [0, 0.1) is 0 Å². The second-order valence-electron chi connectivity index (χ2n) is 3.33. The number of hydrogen-bond donors (Lipinski definition) is 1. The van der Waals surface area contributed by atoms with Crippen molar-refractivity contribution in [3.8, 4) is 0 Å². The zero-order valence-electron chi connectivity index (χ0n) is 8.23. The molecule has 1 aromatic rings. The molecule has 1 aliphatic heterocycles. The van der Waals surface area contributed by atoms with Gasteiger partial charge in [-0.1, -0.05) is 0 Å². The molecule has 2 heterocycles. The Morgan fingerprint density at radius 3 is 2.93 bits per heavy atom. The van der Waals surface area contributed by atoms with E-state index in [1.807, 2.05) is 6.92 Å². The fourth-order valence-corrected chi connectivity index (χ4v) is 2.35. The predicted molar refractivity (Wildman–Crippen MR) is 52.7 cm³/mol. The number of thiazole rings is 1. The van der Waals surface area contributed by atoms with Crippen molar-refractivity contribution in [3.63, 3.8) is 0 Å². The molecule has 0 aromatic carbocycles. The van der Waals surface area contributed by atoms with Gasteiger partial charge in [0.2, 0.25) is 5.79 Å². The van der Waals surface area contributed by atoms with Crippen molar-refractivity contribution in [1.82, 2.24) is 4.98 Å². The SMILES string of the molecule is CC1(c2cnc(CC(=O)O)s2)OCCO1. The topological polar surface area (TPSA) is 68.7 Å². The van der Waals surface area contributed by atoms with Gasteiger partial charge in [0, 0.05) is 6.20 Å². The number of rotatable bonds is 3. The summed E-state index contributed by atoms with van der Waals surface area (Å²) in [7, 11) is 0. The van der Waals surface area contributed by atoms with E-state index in [-0.39, 0.29) is 6.42 Å². The van der Waals surface area contributed by atoms with Gasteiger partial charge in [-0.15, -0.1) is 11.3 Å². The molecule has 0 amide bonds. The number of ether oxygens (including phenoxy) is 2. The number of nitrogens with zero attached hydrogens (tertiary/aromatic N) is 1. The van der Waals surface area contributed by atoms with Gasteiger partial charge < -0.3 is 14.6 Å². The van der Waals surface area contributed by atoms with Crippen molar-refractivity contribution >= 4 is 17.3 Å². The molecule has 1 N–H and O–H groups in total. The second kappa shape index (κ2) is 3.88. The van der Waals surface area contributed by atoms with Crippen LogP contribution in [-0.4, -0.2) is 29.3 Å². The monoisotopic (exact) mass is 229 g/mol. The van der Waals surface area contributed by atoms with Crippen molar-refractivity contribution in [2.24, 2.45) is 0 Å². The number of hydrogen-bond acceptors (Lipinski definition) is 5. The van der Waals surface area contributed by atoms with Crippen molar-refractivity contribution < 1.29 is 19.4 Å². The van der Waals surface area contributed by atoms with E-state index in [2.05, 4.69) is 4.98 Å². The Morgan fingerprint density at radius 1 is 1.67 bits per heavy atom. The van der Waals surface area contributed by atoms with Crippen molar-refractivity contribution in [2.45, 2.75) is 19.1 Å². The first-order valence-corrected chi connectivity index (χ1v) is 5.37. The first-order chi connectivity index (χ1) is 7.10. The minimum atomic E-state index is -0.880. The van der Waals surface area contributed by atoms with Gasteiger partial charge in [-0.25, -0.2) is 4.98 Å². The van der Waals surface area contributed by atoms with Crippen molar-refractivity contribution in [2.75, 3.05) is 13.2 Å². The Balaban J connectivity index is 2.15. The van der Waals surface area contributed by atoms with Gasteiger partial charge in [0.25, 0.3) is 0 Å². The summed E-state index contributed by atoms with van der Waals surface area (Å²) < 4.78 is 10.9. The van der Waals surface area contributed by atoms with Gasteiger partial charge in [0.05, 0.1) is 24.5 Å². The molecule has 0 spiro atoms. The molecule has 6 heteroatoms. The molecule has 5 nitrogen and oxygen atoms in total. The van der Waals surface area contributed by atoms with Gasteiger partial charge in [-0.3, -0.25) is 4.79 Å². The summed E-state index contributed by atoms with van der Waals surface area (Å²) in [5.41, 5.74) is 0. The second-order valence-corrected chi connectivity index (χ2v) is 4.45. The highest BCUT2D eigenvalue weighted by atomic mass is 32.1. The van der Waals surface area contributed by atoms with E-state index in [0.717, 1.165) is 4.88 Å². The van der Waals surface area contributed by atoms with E-state index >= 15 is 0 Å². The summed E-state index contributed by atoms with van der Waals surface area (Å²) in [4.78, 5) is 15.3. The van der Waals surface area contributed by atoms with Crippen LogP contribution in [0.15, 0.2) is 6.20 Å². The highest BCUT2D eigenvalue weighted by Gasteiger charge is 2.35. The lowest BCUT2D eigenvalue weighted by atomic mass is 10.3. The average molecular weight is 229 g/mol. The molecule has 2 rings (SSSR count). The fourth-order valence-electron chi connectivity index (χ4n) is 1.39. The largest absolute Gasteiger partial charge is 0.481 e. The van der Waals surface area contributed by atoms with E-state index in [9.17, 15) is 4.79 Å². The third kappa shape index (κ3) is 2.17. The maximum absolute atomic E-state index is 10.5. The number of carbonyl (C=O) groups is 1. The smallest absolute Gasteiger partial charge is 0.310 e. The molecule has 0 saturated carbocycles. The van der Waals surface area contributed by atoms with Crippen LogP contribution in [0.1, 0.15) is 16.8 Å². The van der Waals surface area contributed by atoms with Crippen LogP contribution >= 0.6 is 11.3 Å². The summed E-state index contributed by atoms with van der Waals surface area (Å²) in [6, 6.07) is 0. The molecule has 1 saturated heterocycles. The quantitative estimate of drug-likeness (QED) is 0.837. The van der Waals surface area contributed by atoms with E-state index in [4.69, 9.17) is 14.6 Å². The number of aliphatic carboxylic acids is 1. The minimum absolute atomic E-state index is 0.0548. The Hall–Kier alpha value is -0.980. The lowest BCUT2D eigenvalue weighted by Gasteiger charge is -2.19. The molecule has 0 bridgehead atoms. The van der Waals surface area contributed by atoms with E-state index < -0.39 is 11.8 Å². The van der Waals surface area contributed by atoms with Crippen molar-refractivity contribution in [1.29, 1.82) is 0 Å². The molecule has 0 atom stereocenters. The Bertz CT molecular complexity index is 370. The van der Waals surface area contributed by atoms with E-state index in [1.54, 1.807) is 6.20 Å². The van der Waals surface area contributed by atoms with E-state index in [0.29, 0.717) is 18.2 Å². The third-order valence-corrected chi connectivity index (χ3v) is 3.32. The van der Waals surface area contributed by atoms with Gasteiger partial charge in [0.15, 0.2) is 0 Å². The standard InChI is InChI=1S/C9H11NO4S/c1-9(13-2-3-14-9)6-5-10-7(15-6)4-8(11)12/h5H,2-4H2,1H3,(H,11,12). The first kappa shape index (κ1) is 10.5. The van der Waals surface area contributed by atoms with Crippen LogP contribution in [0.4, 0.5) is 0 Å². The van der Waals surface area contributed by atoms with Gasteiger partial charge in [-0.05, 0) is 6.92 Å². The molecule has 1 aromatic heterocycles. The molecular formula is C9H11NO4S. The van der Waals surface area contributed by atoms with E-state index in [1.165, 1.54) is 11.3 Å². The highest BCUT2D eigenvalue weighted by Crippen LogP contribution is 2.34. The molecule has 15 heavy (non-hydrogen) atoms. The summed E-state index contributed by atoms with van der Waals surface area (Å²) in [6.07, 6.45) is 1.56. The summed E-state index contributed by atoms with van der Waals surface area (Å²) in [5, 5.41) is 9.18. The van der Waals surface area contributed by atoms with Crippen LogP contribution in [0.3, 0.4) is 0 Å². The van der Waals surface area contributed by atoms with Crippen LogP contribution < -0.4 is 0 Å². The Kier molecular flexibility index (Phi) is 2.72. The Morgan fingerprint density at radius 2 is 2.33 bits per heavy atom. The number of carboxylic acids is 1. The molecule has 1 fully saturated rings. The predicted octanol–water partition coefficient (Wildman–Crippen LogP) is 0.990. The van der Waals surface area contributed by atoms with Gasteiger partial charge in [-0.2, -0.15) is 0 Å². The maximum Gasteiger partial charge on any atom is 0.310 e. The third-order valence-electron chi connectivity index (χ3n) is 2.14. The van der Waals surface area contributed by atoms with Crippen molar-refractivity contribution in [3.05, 3.63) is 16.1 Å². The minimum Gasteiger partial charge on any atom is -0.481 e. The van der Waals surface area contributed by atoms with Crippen LogP contribution in [0.25, 0.3) is 0 Å². The lowest BCUT2D eigenvalue weighted by Crippen LogP contribution is -2.20.